The van der Waals surface area contributed by atoms with E-state index >= 15 is 0 Å². The minimum Gasteiger partial charge on any atom is -0.452 e. The van der Waals surface area contributed by atoms with Crippen molar-refractivity contribution >= 4 is 33.3 Å². The van der Waals surface area contributed by atoms with E-state index in [1.165, 1.54) is 24.0 Å². The molecule has 0 aromatic heterocycles. The molecule has 1 aliphatic rings. The molecule has 28 heavy (non-hydrogen) atoms. The zero-order chi connectivity index (χ0) is 20.9. The average molecular weight is 410 g/mol. The molecule has 154 valence electrons. The maximum atomic E-state index is 12.7. The summed E-state index contributed by atoms with van der Waals surface area (Å²) in [6.45, 7) is 4.65. The van der Waals surface area contributed by atoms with Gasteiger partial charge in [-0.1, -0.05) is 13.0 Å². The van der Waals surface area contributed by atoms with Gasteiger partial charge in [-0.3, -0.25) is 9.59 Å². The second-order valence-electron chi connectivity index (χ2n) is 6.95. The largest absolute Gasteiger partial charge is 0.452 e. The molecule has 0 aliphatic carbocycles. The highest BCUT2D eigenvalue weighted by Gasteiger charge is 2.36. The summed E-state index contributed by atoms with van der Waals surface area (Å²) in [5, 5.41) is 2.57. The first-order chi connectivity index (χ1) is 13.1. The van der Waals surface area contributed by atoms with E-state index < -0.39 is 34.4 Å². The van der Waals surface area contributed by atoms with Gasteiger partial charge in [-0.2, -0.15) is 0 Å². The molecule has 0 saturated carbocycles. The van der Waals surface area contributed by atoms with Gasteiger partial charge in [-0.15, -0.1) is 0 Å². The Morgan fingerprint density at radius 3 is 2.61 bits per heavy atom. The Morgan fingerprint density at radius 2 is 2.04 bits per heavy atom. The fraction of sp³-hybridized carbons (Fsp3) is 0.526. The highest BCUT2D eigenvalue weighted by molar-refractivity contribution is 7.91. The van der Waals surface area contributed by atoms with Crippen LogP contribution in [0.3, 0.4) is 0 Å². The van der Waals surface area contributed by atoms with Gasteiger partial charge in [0, 0.05) is 24.7 Å². The van der Waals surface area contributed by atoms with Crippen LogP contribution in [0, 0.1) is 0 Å². The van der Waals surface area contributed by atoms with Crippen LogP contribution in [0.5, 0.6) is 0 Å². The van der Waals surface area contributed by atoms with Crippen molar-refractivity contribution in [2.45, 2.75) is 45.7 Å². The molecule has 1 saturated heterocycles. The molecule has 1 aromatic rings. The number of nitrogens with one attached hydrogen (secondary N) is 1. The molecule has 2 unspecified atom stereocenters. The van der Waals surface area contributed by atoms with Gasteiger partial charge in [-0.05, 0) is 38.0 Å². The Bertz CT molecular complexity index is 852. The third-order valence-corrected chi connectivity index (χ3v) is 6.45. The van der Waals surface area contributed by atoms with E-state index in [1.54, 1.807) is 12.1 Å². The van der Waals surface area contributed by atoms with Gasteiger partial charge < -0.3 is 15.0 Å². The summed E-state index contributed by atoms with van der Waals surface area (Å²) in [6.07, 6.45) is 1.06. The van der Waals surface area contributed by atoms with Gasteiger partial charge in [0.1, 0.15) is 0 Å². The number of carbonyl (C=O) groups excluding carboxylic acids is 3. The zero-order valence-corrected chi connectivity index (χ0v) is 17.1. The molecule has 1 N–H and O–H groups in total. The Hall–Kier alpha value is -2.42. The van der Waals surface area contributed by atoms with E-state index in [1.807, 2.05) is 13.8 Å². The van der Waals surface area contributed by atoms with Crippen molar-refractivity contribution in [2.24, 2.45) is 0 Å². The normalized spacial score (nSPS) is 18.9. The number of amides is 2. The third-order valence-electron chi connectivity index (χ3n) is 4.70. The monoisotopic (exact) mass is 410 g/mol. The predicted octanol–water partition coefficient (Wildman–Crippen LogP) is 1.62. The lowest BCUT2D eigenvalue weighted by Crippen LogP contribution is -2.48. The molecule has 2 amide bonds. The predicted molar refractivity (Wildman–Crippen MR) is 105 cm³/mol. The second-order valence-corrected chi connectivity index (χ2v) is 9.18. The summed E-state index contributed by atoms with van der Waals surface area (Å²) in [6, 6.07) is 5.66. The number of anilines is 1. The lowest BCUT2D eigenvalue weighted by Gasteiger charge is -2.33. The Labute approximate surface area is 165 Å². The van der Waals surface area contributed by atoms with Crippen molar-refractivity contribution in [1.82, 2.24) is 4.90 Å². The average Bonchev–Trinajstić information content (AvgIpc) is 2.98. The SMILES string of the molecule is CCC(C)N(C(=O)COC(=O)c1cccc(NC(C)=O)c1)C1CCS(=O)(=O)C1. The summed E-state index contributed by atoms with van der Waals surface area (Å²) in [5.41, 5.74) is 0.656. The molecule has 1 aliphatic heterocycles. The Morgan fingerprint density at radius 1 is 1.32 bits per heavy atom. The topological polar surface area (TPSA) is 110 Å². The van der Waals surface area contributed by atoms with Crippen LogP contribution in [-0.4, -0.2) is 61.3 Å². The first kappa shape index (κ1) is 21.9. The number of benzene rings is 1. The maximum Gasteiger partial charge on any atom is 0.338 e. The molecule has 9 heteroatoms. The lowest BCUT2D eigenvalue weighted by atomic mass is 10.1. The highest BCUT2D eigenvalue weighted by atomic mass is 32.2. The van der Waals surface area contributed by atoms with Gasteiger partial charge in [0.05, 0.1) is 17.1 Å². The zero-order valence-electron chi connectivity index (χ0n) is 16.3. The van der Waals surface area contributed by atoms with Crippen molar-refractivity contribution in [3.8, 4) is 0 Å². The van der Waals surface area contributed by atoms with Crippen molar-refractivity contribution in [3.63, 3.8) is 0 Å². The van der Waals surface area contributed by atoms with Crippen LogP contribution in [-0.2, 0) is 24.2 Å². The Kier molecular flexibility index (Phi) is 7.17. The molecule has 8 nitrogen and oxygen atoms in total. The van der Waals surface area contributed by atoms with Gasteiger partial charge in [-0.25, -0.2) is 13.2 Å². The number of hydrogen-bond donors (Lipinski definition) is 1. The second kappa shape index (κ2) is 9.18. The van der Waals surface area contributed by atoms with Gasteiger partial charge >= 0.3 is 5.97 Å². The van der Waals surface area contributed by atoms with Crippen LogP contribution in [0.2, 0.25) is 0 Å². The summed E-state index contributed by atoms with van der Waals surface area (Å²) in [4.78, 5) is 37.6. The smallest absolute Gasteiger partial charge is 0.338 e. The Balaban J connectivity index is 2.04. The standard InChI is InChI=1S/C19H26N2O6S/c1-4-13(2)21(17-8-9-28(25,26)12-17)18(23)11-27-19(24)15-6-5-7-16(10-15)20-14(3)22/h5-7,10,13,17H,4,8-9,11-12H2,1-3H3,(H,20,22). The molecule has 2 rings (SSSR count). The van der Waals surface area contributed by atoms with E-state index in [4.69, 9.17) is 4.74 Å². The number of hydrogen-bond acceptors (Lipinski definition) is 6. The molecule has 0 bridgehead atoms. The summed E-state index contributed by atoms with van der Waals surface area (Å²) in [5.74, 6) is -1.37. The van der Waals surface area contributed by atoms with Crippen LogP contribution < -0.4 is 5.32 Å². The molecule has 1 fully saturated rings. The van der Waals surface area contributed by atoms with Crippen LogP contribution in [0.4, 0.5) is 5.69 Å². The van der Waals surface area contributed by atoms with E-state index in [2.05, 4.69) is 5.32 Å². The summed E-state index contributed by atoms with van der Waals surface area (Å²) < 4.78 is 28.7. The van der Waals surface area contributed by atoms with Crippen LogP contribution in [0.25, 0.3) is 0 Å². The lowest BCUT2D eigenvalue weighted by molar-refractivity contribution is -0.138. The molecule has 0 radical (unpaired) electrons. The van der Waals surface area contributed by atoms with E-state index in [0.29, 0.717) is 18.5 Å². The molecule has 0 spiro atoms. The van der Waals surface area contributed by atoms with Gasteiger partial charge in [0.25, 0.3) is 5.91 Å². The number of rotatable bonds is 7. The first-order valence-corrected chi connectivity index (χ1v) is 11.0. The molecule has 1 aromatic carbocycles. The minimum absolute atomic E-state index is 0.0597. The van der Waals surface area contributed by atoms with Crippen LogP contribution in [0.15, 0.2) is 24.3 Å². The number of carbonyl (C=O) groups is 3. The first-order valence-electron chi connectivity index (χ1n) is 9.19. The van der Waals surface area contributed by atoms with E-state index in [-0.39, 0.29) is 29.0 Å². The maximum absolute atomic E-state index is 12.7. The molecular formula is C19H26N2O6S. The number of esters is 1. The fourth-order valence-corrected chi connectivity index (χ4v) is 4.92. The molecule has 1 heterocycles. The van der Waals surface area contributed by atoms with Crippen LogP contribution in [0.1, 0.15) is 44.0 Å². The number of sulfone groups is 1. The van der Waals surface area contributed by atoms with Crippen molar-refractivity contribution < 1.29 is 27.5 Å². The minimum atomic E-state index is -3.14. The quantitative estimate of drug-likeness (QED) is 0.684. The number of ether oxygens (including phenoxy) is 1. The van der Waals surface area contributed by atoms with Gasteiger partial charge in [0.15, 0.2) is 16.4 Å². The summed E-state index contributed by atoms with van der Waals surface area (Å²) >= 11 is 0. The third kappa shape index (κ3) is 5.79. The molecular weight excluding hydrogens is 384 g/mol. The molecule has 2 atom stereocenters. The summed E-state index contributed by atoms with van der Waals surface area (Å²) in [7, 11) is -3.14. The van der Waals surface area contributed by atoms with E-state index in [0.717, 1.165) is 0 Å². The van der Waals surface area contributed by atoms with Crippen molar-refractivity contribution in [3.05, 3.63) is 29.8 Å². The van der Waals surface area contributed by atoms with E-state index in [9.17, 15) is 22.8 Å². The highest BCUT2D eigenvalue weighted by Crippen LogP contribution is 2.21. The van der Waals surface area contributed by atoms with Gasteiger partial charge in [0.2, 0.25) is 5.91 Å². The number of nitrogens with zero attached hydrogens (tertiary/aromatic N) is 1. The van der Waals surface area contributed by atoms with Crippen molar-refractivity contribution in [1.29, 1.82) is 0 Å². The van der Waals surface area contributed by atoms with Crippen LogP contribution >= 0.6 is 0 Å². The fourth-order valence-electron chi connectivity index (χ4n) is 3.21. The van der Waals surface area contributed by atoms with Crippen molar-refractivity contribution in [2.75, 3.05) is 23.4 Å².